The molecule has 1 aromatic heterocycles. The Morgan fingerprint density at radius 2 is 2.40 bits per heavy atom. The van der Waals surface area contributed by atoms with Crippen molar-refractivity contribution in [3.05, 3.63) is 23.4 Å². The van der Waals surface area contributed by atoms with E-state index in [1.54, 1.807) is 6.20 Å². The van der Waals surface area contributed by atoms with E-state index in [1.807, 2.05) is 13.0 Å². The molecule has 1 aromatic rings. The number of aldehydes is 1. The van der Waals surface area contributed by atoms with Gasteiger partial charge in [-0.1, -0.05) is 0 Å². The molecular weight excluding hydrogens is 188 g/mol. The Morgan fingerprint density at radius 3 is 2.93 bits per heavy atom. The summed E-state index contributed by atoms with van der Waals surface area (Å²) in [5.41, 5.74) is 1.75. The van der Waals surface area contributed by atoms with Crippen molar-refractivity contribution in [3.8, 4) is 0 Å². The lowest BCUT2D eigenvalue weighted by atomic mass is 10.2. The largest absolute Gasteiger partial charge is 0.354 e. The maximum Gasteiger partial charge on any atom is 0.151 e. The molecule has 0 aromatic carbocycles. The van der Waals surface area contributed by atoms with Crippen molar-refractivity contribution in [3.63, 3.8) is 0 Å². The van der Waals surface area contributed by atoms with Crippen molar-refractivity contribution in [2.45, 2.75) is 32.7 Å². The van der Waals surface area contributed by atoms with Crippen LogP contribution in [0.1, 0.15) is 35.7 Å². The van der Waals surface area contributed by atoms with E-state index in [-0.39, 0.29) is 0 Å². The van der Waals surface area contributed by atoms with Crippen molar-refractivity contribution in [2.75, 3.05) is 11.4 Å². The Kier molecular flexibility index (Phi) is 2.71. The molecule has 1 aliphatic heterocycles. The van der Waals surface area contributed by atoms with Crippen molar-refractivity contribution >= 4 is 12.1 Å². The van der Waals surface area contributed by atoms with Gasteiger partial charge in [0.05, 0.1) is 0 Å². The summed E-state index contributed by atoms with van der Waals surface area (Å²) in [6.07, 6.45) is 4.96. The first-order chi connectivity index (χ1) is 7.22. The molecule has 3 nitrogen and oxygen atoms in total. The molecule has 1 aliphatic rings. The number of hydrogen-bond acceptors (Lipinski definition) is 3. The molecule has 1 atom stereocenters. The Morgan fingerprint density at radius 1 is 1.60 bits per heavy atom. The molecule has 1 unspecified atom stereocenters. The SMILES string of the molecule is Cc1cc(C=O)cnc1N1CCCC1C. The van der Waals surface area contributed by atoms with Crippen LogP contribution in [0.2, 0.25) is 0 Å². The van der Waals surface area contributed by atoms with Gasteiger partial charge in [0.25, 0.3) is 0 Å². The standard InChI is InChI=1S/C12H16N2O/c1-9-6-11(8-15)7-13-12(9)14-5-3-4-10(14)2/h6-8,10H,3-5H2,1-2H3. The highest BCUT2D eigenvalue weighted by Crippen LogP contribution is 2.26. The Bertz CT molecular complexity index is 376. The van der Waals surface area contributed by atoms with E-state index < -0.39 is 0 Å². The van der Waals surface area contributed by atoms with Gasteiger partial charge in [0.2, 0.25) is 0 Å². The fourth-order valence-corrected chi connectivity index (χ4v) is 2.20. The van der Waals surface area contributed by atoms with Crippen LogP contribution in [0.4, 0.5) is 5.82 Å². The van der Waals surface area contributed by atoms with Gasteiger partial charge in [0.1, 0.15) is 5.82 Å². The summed E-state index contributed by atoms with van der Waals surface area (Å²) < 4.78 is 0. The first-order valence-corrected chi connectivity index (χ1v) is 5.41. The van der Waals surface area contributed by atoms with Gasteiger partial charge in [-0.05, 0) is 38.3 Å². The summed E-state index contributed by atoms with van der Waals surface area (Å²) in [7, 11) is 0. The van der Waals surface area contributed by atoms with Gasteiger partial charge in [0, 0.05) is 24.3 Å². The van der Waals surface area contributed by atoms with Crippen LogP contribution in [0.25, 0.3) is 0 Å². The molecule has 0 amide bonds. The molecule has 0 spiro atoms. The fourth-order valence-electron chi connectivity index (χ4n) is 2.20. The van der Waals surface area contributed by atoms with Crippen LogP contribution in [-0.4, -0.2) is 23.9 Å². The molecule has 1 fully saturated rings. The minimum absolute atomic E-state index is 0.568. The lowest BCUT2D eigenvalue weighted by molar-refractivity contribution is 0.112. The Hall–Kier alpha value is -1.38. The number of nitrogens with zero attached hydrogens (tertiary/aromatic N) is 2. The van der Waals surface area contributed by atoms with Crippen LogP contribution in [-0.2, 0) is 0 Å². The Balaban J connectivity index is 2.32. The molecule has 15 heavy (non-hydrogen) atoms. The lowest BCUT2D eigenvalue weighted by Crippen LogP contribution is -2.27. The summed E-state index contributed by atoms with van der Waals surface area (Å²) in [5, 5.41) is 0. The summed E-state index contributed by atoms with van der Waals surface area (Å²) >= 11 is 0. The van der Waals surface area contributed by atoms with Gasteiger partial charge in [-0.3, -0.25) is 4.79 Å². The second kappa shape index (κ2) is 4.01. The van der Waals surface area contributed by atoms with Gasteiger partial charge in [0.15, 0.2) is 6.29 Å². The van der Waals surface area contributed by atoms with Crippen LogP contribution >= 0.6 is 0 Å². The third-order valence-corrected chi connectivity index (χ3v) is 3.03. The first-order valence-electron chi connectivity index (χ1n) is 5.41. The summed E-state index contributed by atoms with van der Waals surface area (Å²) in [6, 6.07) is 2.47. The maximum atomic E-state index is 10.6. The molecule has 0 N–H and O–H groups in total. The average molecular weight is 204 g/mol. The topological polar surface area (TPSA) is 33.2 Å². The third kappa shape index (κ3) is 1.87. The highest BCUT2D eigenvalue weighted by Gasteiger charge is 2.22. The monoisotopic (exact) mass is 204 g/mol. The number of rotatable bonds is 2. The third-order valence-electron chi connectivity index (χ3n) is 3.03. The number of anilines is 1. The van der Waals surface area contributed by atoms with Crippen molar-refractivity contribution in [1.29, 1.82) is 0 Å². The van der Waals surface area contributed by atoms with E-state index in [0.717, 1.165) is 24.2 Å². The highest BCUT2D eigenvalue weighted by atomic mass is 16.1. The first kappa shape index (κ1) is 10.1. The Labute approximate surface area is 90.1 Å². The molecule has 0 aliphatic carbocycles. The molecule has 1 saturated heterocycles. The predicted molar refractivity (Wildman–Crippen MR) is 60.4 cm³/mol. The molecule has 0 radical (unpaired) electrons. The number of carbonyl (C=O) groups is 1. The summed E-state index contributed by atoms with van der Waals surface area (Å²) in [4.78, 5) is 17.3. The zero-order valence-electron chi connectivity index (χ0n) is 9.23. The summed E-state index contributed by atoms with van der Waals surface area (Å²) in [6.45, 7) is 5.32. The van der Waals surface area contributed by atoms with Crippen molar-refractivity contribution in [2.24, 2.45) is 0 Å². The number of aryl methyl sites for hydroxylation is 1. The quantitative estimate of drug-likeness (QED) is 0.692. The van der Waals surface area contributed by atoms with Gasteiger partial charge >= 0.3 is 0 Å². The van der Waals surface area contributed by atoms with E-state index in [2.05, 4.69) is 16.8 Å². The van der Waals surface area contributed by atoms with Crippen molar-refractivity contribution < 1.29 is 4.79 Å². The van der Waals surface area contributed by atoms with Crippen LogP contribution in [0.5, 0.6) is 0 Å². The number of carbonyl (C=O) groups excluding carboxylic acids is 1. The fraction of sp³-hybridized carbons (Fsp3) is 0.500. The number of pyridine rings is 1. The van der Waals surface area contributed by atoms with Crippen LogP contribution in [0.3, 0.4) is 0 Å². The van der Waals surface area contributed by atoms with Crippen LogP contribution in [0, 0.1) is 6.92 Å². The minimum atomic E-state index is 0.568. The second-order valence-corrected chi connectivity index (χ2v) is 4.21. The van der Waals surface area contributed by atoms with Crippen molar-refractivity contribution in [1.82, 2.24) is 4.98 Å². The van der Waals surface area contributed by atoms with Gasteiger partial charge in [-0.2, -0.15) is 0 Å². The van der Waals surface area contributed by atoms with E-state index >= 15 is 0 Å². The van der Waals surface area contributed by atoms with E-state index in [4.69, 9.17) is 0 Å². The molecule has 0 saturated carbocycles. The molecule has 2 rings (SSSR count). The molecule has 3 heteroatoms. The minimum Gasteiger partial charge on any atom is -0.354 e. The number of aromatic nitrogens is 1. The van der Waals surface area contributed by atoms with E-state index in [0.29, 0.717) is 11.6 Å². The van der Waals surface area contributed by atoms with E-state index in [1.165, 1.54) is 12.8 Å². The van der Waals surface area contributed by atoms with Crippen LogP contribution < -0.4 is 4.90 Å². The molecule has 2 heterocycles. The molecular formula is C12H16N2O. The zero-order valence-corrected chi connectivity index (χ0v) is 9.23. The molecule has 0 bridgehead atoms. The van der Waals surface area contributed by atoms with Gasteiger partial charge in [-0.25, -0.2) is 4.98 Å². The van der Waals surface area contributed by atoms with Gasteiger partial charge < -0.3 is 4.90 Å². The average Bonchev–Trinajstić information content (AvgIpc) is 2.64. The zero-order chi connectivity index (χ0) is 10.8. The maximum absolute atomic E-state index is 10.6. The number of hydrogen-bond donors (Lipinski definition) is 0. The van der Waals surface area contributed by atoms with Gasteiger partial charge in [-0.15, -0.1) is 0 Å². The van der Waals surface area contributed by atoms with Crippen LogP contribution in [0.15, 0.2) is 12.3 Å². The highest BCUT2D eigenvalue weighted by molar-refractivity contribution is 5.75. The predicted octanol–water partition coefficient (Wildman–Crippen LogP) is 2.19. The molecule has 80 valence electrons. The normalized spacial score (nSPS) is 20.7. The smallest absolute Gasteiger partial charge is 0.151 e. The lowest BCUT2D eigenvalue weighted by Gasteiger charge is -2.24. The second-order valence-electron chi connectivity index (χ2n) is 4.21. The van der Waals surface area contributed by atoms with E-state index in [9.17, 15) is 4.79 Å². The summed E-state index contributed by atoms with van der Waals surface area (Å²) in [5.74, 6) is 1.03.